The van der Waals surface area contributed by atoms with Crippen LogP contribution in [0, 0.1) is 29.6 Å². The molecule has 4 saturated carbocycles. The summed E-state index contributed by atoms with van der Waals surface area (Å²) < 4.78 is 84.9. The molecule has 0 radical (unpaired) electrons. The zero-order chi connectivity index (χ0) is 22.1. The van der Waals surface area contributed by atoms with Crippen LogP contribution in [0.1, 0.15) is 51.9 Å². The van der Waals surface area contributed by atoms with Crippen molar-refractivity contribution < 1.29 is 39.7 Å². The highest BCUT2D eigenvalue weighted by molar-refractivity contribution is 8.06. The fraction of sp³-hybridized carbons (Fsp3) is 0.944. The lowest BCUT2D eigenvalue weighted by Gasteiger charge is -2.59. The molecule has 0 aromatic rings. The number of carbonyl (C=O) groups is 1. The SMILES string of the molecule is CC1(OC(=O)C2CCCN(S(=O)(=O)C(F)(F)S(=O)(=O)[O-])C2)C2CC3CC(C2)CC1C3. The Bertz CT molecular complexity index is 906. The van der Waals surface area contributed by atoms with Crippen molar-refractivity contribution in [2.45, 2.75) is 62.1 Å². The van der Waals surface area contributed by atoms with Gasteiger partial charge in [-0.15, -0.1) is 0 Å². The number of carbonyl (C=O) groups excluding carboxylic acids is 1. The first-order chi connectivity index (χ1) is 13.8. The fourth-order valence-electron chi connectivity index (χ4n) is 6.22. The van der Waals surface area contributed by atoms with Crippen molar-refractivity contribution in [1.29, 1.82) is 0 Å². The van der Waals surface area contributed by atoms with Crippen molar-refractivity contribution in [3.8, 4) is 0 Å². The molecule has 5 rings (SSSR count). The van der Waals surface area contributed by atoms with Gasteiger partial charge in [0.15, 0.2) is 10.1 Å². The van der Waals surface area contributed by atoms with E-state index in [9.17, 15) is 35.0 Å². The maximum absolute atomic E-state index is 13.8. The van der Waals surface area contributed by atoms with Gasteiger partial charge in [0.25, 0.3) is 10.0 Å². The first-order valence-corrected chi connectivity index (χ1v) is 13.2. The van der Waals surface area contributed by atoms with Gasteiger partial charge in [0, 0.05) is 13.1 Å². The Morgan fingerprint density at radius 2 is 1.60 bits per heavy atom. The van der Waals surface area contributed by atoms with Gasteiger partial charge in [0.05, 0.1) is 5.92 Å². The minimum atomic E-state index is -6.42. The van der Waals surface area contributed by atoms with Crippen LogP contribution in [-0.4, -0.2) is 54.9 Å². The summed E-state index contributed by atoms with van der Waals surface area (Å²) in [7, 11) is -12.2. The normalized spacial score (nSPS) is 39.8. The van der Waals surface area contributed by atoms with Crippen LogP contribution in [0.25, 0.3) is 0 Å². The summed E-state index contributed by atoms with van der Waals surface area (Å²) >= 11 is 0. The molecule has 5 aliphatic rings. The molecule has 172 valence electrons. The first kappa shape index (κ1) is 22.3. The second kappa shape index (κ2) is 7.08. The molecule has 1 unspecified atom stereocenters. The van der Waals surface area contributed by atoms with E-state index < -0.39 is 48.8 Å². The number of sulfonamides is 1. The van der Waals surface area contributed by atoms with Crippen LogP contribution in [0.4, 0.5) is 8.78 Å². The average Bonchev–Trinajstić information content (AvgIpc) is 2.64. The van der Waals surface area contributed by atoms with Gasteiger partial charge in [-0.25, -0.2) is 16.8 Å². The van der Waals surface area contributed by atoms with Crippen LogP contribution in [-0.2, 0) is 29.7 Å². The van der Waals surface area contributed by atoms with Crippen molar-refractivity contribution in [2.75, 3.05) is 13.1 Å². The van der Waals surface area contributed by atoms with Crippen molar-refractivity contribution in [3.63, 3.8) is 0 Å². The Hall–Kier alpha value is -0.850. The standard InChI is InChI=1S/C18H27F2NO7S2/c1-17(14-6-11-5-12(8-14)9-15(17)7-11)28-16(22)13-3-2-4-21(10-13)29(23,24)18(19,20)30(25,26)27/h11-15H,2-10H2,1H3,(H,25,26,27)/p-1. The zero-order valence-corrected chi connectivity index (χ0v) is 18.3. The third-order valence-electron chi connectivity index (χ3n) is 7.73. The van der Waals surface area contributed by atoms with Gasteiger partial charge in [-0.3, -0.25) is 4.79 Å². The zero-order valence-electron chi connectivity index (χ0n) is 16.6. The monoisotopic (exact) mass is 470 g/mol. The first-order valence-electron chi connectivity index (χ1n) is 10.3. The molecule has 4 bridgehead atoms. The van der Waals surface area contributed by atoms with Gasteiger partial charge in [-0.05, 0) is 75.5 Å². The highest BCUT2D eigenvalue weighted by Gasteiger charge is 2.59. The fourth-order valence-corrected chi connectivity index (χ4v) is 8.61. The minimum absolute atomic E-state index is 0.0850. The number of hydrogen-bond acceptors (Lipinski definition) is 7. The van der Waals surface area contributed by atoms with Gasteiger partial charge < -0.3 is 9.29 Å². The van der Waals surface area contributed by atoms with Crippen LogP contribution >= 0.6 is 0 Å². The number of nitrogens with zero attached hydrogens (tertiary/aromatic N) is 1. The molecule has 12 heteroatoms. The Morgan fingerprint density at radius 1 is 1.07 bits per heavy atom. The molecule has 0 aromatic heterocycles. The van der Waals surface area contributed by atoms with Crippen molar-refractivity contribution in [3.05, 3.63) is 0 Å². The number of piperidine rings is 1. The molecule has 8 nitrogen and oxygen atoms in total. The molecular formula is C18H26F2NO7S2-. The number of esters is 1. The van der Waals surface area contributed by atoms with E-state index in [1.807, 2.05) is 6.92 Å². The molecule has 0 aromatic carbocycles. The van der Waals surface area contributed by atoms with Gasteiger partial charge in [0.2, 0.25) is 0 Å². The maximum Gasteiger partial charge on any atom is 0.447 e. The molecule has 1 heterocycles. The van der Waals surface area contributed by atoms with Crippen LogP contribution < -0.4 is 0 Å². The summed E-state index contributed by atoms with van der Waals surface area (Å²) in [6.45, 7) is 0.916. The third kappa shape index (κ3) is 3.38. The second-order valence-corrected chi connectivity index (χ2v) is 13.2. The van der Waals surface area contributed by atoms with Crippen LogP contribution in [0.3, 0.4) is 0 Å². The quantitative estimate of drug-likeness (QED) is 0.444. The van der Waals surface area contributed by atoms with Crippen LogP contribution in [0.2, 0.25) is 0 Å². The van der Waals surface area contributed by atoms with E-state index in [4.69, 9.17) is 4.74 Å². The molecule has 0 amide bonds. The molecule has 30 heavy (non-hydrogen) atoms. The molecule has 1 atom stereocenters. The summed E-state index contributed by atoms with van der Waals surface area (Å²) in [5.41, 5.74) is -0.645. The maximum atomic E-state index is 13.8. The summed E-state index contributed by atoms with van der Waals surface area (Å²) in [6.07, 6.45) is 5.54. The number of rotatable bonds is 5. The summed E-state index contributed by atoms with van der Waals surface area (Å²) in [6, 6.07) is 0. The highest BCUT2D eigenvalue weighted by Crippen LogP contribution is 2.59. The second-order valence-electron chi connectivity index (χ2n) is 9.53. The Kier molecular flexibility index (Phi) is 5.27. The van der Waals surface area contributed by atoms with Gasteiger partial charge in [-0.2, -0.15) is 13.1 Å². The van der Waals surface area contributed by atoms with E-state index in [0.29, 0.717) is 11.8 Å². The largest absolute Gasteiger partial charge is 0.742 e. The highest BCUT2D eigenvalue weighted by atomic mass is 32.3. The topological polar surface area (TPSA) is 121 Å². The average molecular weight is 471 g/mol. The lowest BCUT2D eigenvalue weighted by molar-refractivity contribution is -0.207. The van der Waals surface area contributed by atoms with Crippen molar-refractivity contribution in [1.82, 2.24) is 4.31 Å². The summed E-state index contributed by atoms with van der Waals surface area (Å²) in [5.74, 6) is 0.190. The molecule has 1 aliphatic heterocycles. The lowest BCUT2D eigenvalue weighted by atomic mass is 9.50. The van der Waals surface area contributed by atoms with Crippen molar-refractivity contribution >= 4 is 26.1 Å². The number of ether oxygens (including phenoxy) is 1. The predicted molar refractivity (Wildman–Crippen MR) is 99.4 cm³/mol. The van der Waals surface area contributed by atoms with Gasteiger partial charge >= 0.3 is 10.6 Å². The minimum Gasteiger partial charge on any atom is -0.742 e. The lowest BCUT2D eigenvalue weighted by Crippen LogP contribution is -2.59. The Morgan fingerprint density at radius 3 is 2.10 bits per heavy atom. The molecular weight excluding hydrogens is 444 g/mol. The Labute approximate surface area is 175 Å². The van der Waals surface area contributed by atoms with Crippen LogP contribution in [0.15, 0.2) is 0 Å². The van der Waals surface area contributed by atoms with Gasteiger partial charge in [0.1, 0.15) is 5.60 Å². The molecule has 4 aliphatic carbocycles. The molecule has 5 fully saturated rings. The number of halogens is 2. The van der Waals surface area contributed by atoms with Gasteiger partial charge in [-0.1, -0.05) is 0 Å². The van der Waals surface area contributed by atoms with E-state index in [1.165, 1.54) is 6.42 Å². The number of alkyl halides is 2. The molecule has 1 saturated heterocycles. The van der Waals surface area contributed by atoms with E-state index >= 15 is 0 Å². The van der Waals surface area contributed by atoms with E-state index in [1.54, 1.807) is 0 Å². The number of hydrogen-bond donors (Lipinski definition) is 0. The molecule has 0 spiro atoms. The van der Waals surface area contributed by atoms with Crippen LogP contribution in [0.5, 0.6) is 0 Å². The van der Waals surface area contributed by atoms with E-state index in [0.717, 1.165) is 25.7 Å². The third-order valence-corrected chi connectivity index (χ3v) is 11.2. The van der Waals surface area contributed by atoms with E-state index in [2.05, 4.69) is 0 Å². The Balaban J connectivity index is 1.48. The summed E-state index contributed by atoms with van der Waals surface area (Å²) in [5, 5.41) is 0. The molecule has 0 N–H and O–H groups in total. The summed E-state index contributed by atoms with van der Waals surface area (Å²) in [4.78, 5) is 12.9. The smallest absolute Gasteiger partial charge is 0.447 e. The van der Waals surface area contributed by atoms with E-state index in [-0.39, 0.29) is 35.5 Å². The predicted octanol–water partition coefficient (Wildman–Crippen LogP) is 1.88. The van der Waals surface area contributed by atoms with Crippen molar-refractivity contribution in [2.24, 2.45) is 29.6 Å².